The molecule has 3 heterocycles. The van der Waals surface area contributed by atoms with E-state index in [0.29, 0.717) is 32.1 Å². The van der Waals surface area contributed by atoms with Crippen molar-refractivity contribution in [1.82, 2.24) is 24.8 Å². The van der Waals surface area contributed by atoms with E-state index >= 15 is 0 Å². The molecule has 1 saturated heterocycles. The summed E-state index contributed by atoms with van der Waals surface area (Å²) in [6.45, 7) is 2.10. The van der Waals surface area contributed by atoms with Crippen LogP contribution < -0.4 is 16.1 Å². The number of amides is 1. The Kier molecular flexibility index (Phi) is 3.69. The Bertz CT molecular complexity index is 748. The molecule has 9 heteroatoms. The third-order valence-corrected chi connectivity index (χ3v) is 3.39. The van der Waals surface area contributed by atoms with Gasteiger partial charge in [-0.05, 0) is 6.07 Å². The van der Waals surface area contributed by atoms with Gasteiger partial charge in [0, 0.05) is 44.6 Å². The minimum atomic E-state index is -0.688. The van der Waals surface area contributed by atoms with Gasteiger partial charge in [0.15, 0.2) is 0 Å². The third kappa shape index (κ3) is 2.87. The van der Waals surface area contributed by atoms with Crippen molar-refractivity contribution in [1.29, 1.82) is 0 Å². The number of hydrogen-bond acceptors (Lipinski definition) is 6. The first-order valence-electron chi connectivity index (χ1n) is 6.78. The highest BCUT2D eigenvalue weighted by atomic mass is 16.2. The number of rotatable bonds is 2. The molecular formula is C13H14N6O3. The maximum absolute atomic E-state index is 12.3. The van der Waals surface area contributed by atoms with E-state index in [1.807, 2.05) is 9.88 Å². The maximum Gasteiger partial charge on any atom is 0.326 e. The van der Waals surface area contributed by atoms with Crippen LogP contribution in [-0.4, -0.2) is 56.9 Å². The Morgan fingerprint density at radius 2 is 1.73 bits per heavy atom. The van der Waals surface area contributed by atoms with Crippen molar-refractivity contribution in [3.8, 4) is 0 Å². The number of carbonyl (C=O) groups is 1. The zero-order valence-corrected chi connectivity index (χ0v) is 11.7. The summed E-state index contributed by atoms with van der Waals surface area (Å²) in [6.07, 6.45) is 3.34. The van der Waals surface area contributed by atoms with Crippen molar-refractivity contribution in [2.75, 3.05) is 31.1 Å². The lowest BCUT2D eigenvalue weighted by Crippen LogP contribution is -2.49. The van der Waals surface area contributed by atoms with E-state index in [2.05, 4.69) is 15.0 Å². The molecule has 1 amide bonds. The molecule has 0 aliphatic carbocycles. The van der Waals surface area contributed by atoms with E-state index in [0.717, 1.165) is 6.07 Å². The monoisotopic (exact) mass is 302 g/mol. The van der Waals surface area contributed by atoms with Gasteiger partial charge in [0.25, 0.3) is 11.5 Å². The average molecular weight is 302 g/mol. The van der Waals surface area contributed by atoms with E-state index in [1.54, 1.807) is 23.4 Å². The number of nitrogens with zero attached hydrogens (tertiary/aromatic N) is 4. The van der Waals surface area contributed by atoms with Gasteiger partial charge in [-0.3, -0.25) is 14.6 Å². The topological polar surface area (TPSA) is 115 Å². The average Bonchev–Trinajstić information content (AvgIpc) is 2.54. The van der Waals surface area contributed by atoms with E-state index < -0.39 is 11.2 Å². The first kappa shape index (κ1) is 14.0. The molecule has 1 aliphatic rings. The summed E-state index contributed by atoms with van der Waals surface area (Å²) in [5.41, 5.74) is -1.28. The first-order chi connectivity index (χ1) is 10.6. The summed E-state index contributed by atoms with van der Waals surface area (Å²) in [7, 11) is 0. The molecule has 2 aromatic rings. The van der Waals surface area contributed by atoms with Gasteiger partial charge < -0.3 is 14.8 Å². The number of nitrogens with one attached hydrogen (secondary N) is 2. The summed E-state index contributed by atoms with van der Waals surface area (Å²) >= 11 is 0. The lowest BCUT2D eigenvalue weighted by atomic mass is 10.2. The number of aromatic amines is 2. The maximum atomic E-state index is 12.3. The SMILES string of the molecule is O=C(c1cc(=O)[nH]c(=O)[nH]1)N1CCN(c2ncccn2)CC1. The van der Waals surface area contributed by atoms with Crippen molar-refractivity contribution < 1.29 is 4.79 Å². The van der Waals surface area contributed by atoms with Crippen molar-refractivity contribution >= 4 is 11.9 Å². The van der Waals surface area contributed by atoms with Gasteiger partial charge in [-0.15, -0.1) is 0 Å². The second-order valence-electron chi connectivity index (χ2n) is 4.83. The molecule has 114 valence electrons. The van der Waals surface area contributed by atoms with Gasteiger partial charge >= 0.3 is 5.69 Å². The fourth-order valence-corrected chi connectivity index (χ4v) is 2.32. The molecular weight excluding hydrogens is 288 g/mol. The fourth-order valence-electron chi connectivity index (χ4n) is 2.32. The molecule has 0 saturated carbocycles. The molecule has 1 aliphatic heterocycles. The van der Waals surface area contributed by atoms with Crippen LogP contribution in [0.4, 0.5) is 5.95 Å². The Labute approximate surface area is 124 Å². The highest BCUT2D eigenvalue weighted by molar-refractivity contribution is 5.92. The zero-order valence-electron chi connectivity index (χ0n) is 11.7. The minimum absolute atomic E-state index is 0.00170. The van der Waals surface area contributed by atoms with Crippen molar-refractivity contribution in [2.24, 2.45) is 0 Å². The molecule has 22 heavy (non-hydrogen) atoms. The molecule has 2 N–H and O–H groups in total. The Balaban J connectivity index is 1.70. The van der Waals surface area contributed by atoms with Gasteiger partial charge in [-0.2, -0.15) is 0 Å². The predicted molar refractivity (Wildman–Crippen MR) is 77.8 cm³/mol. The normalized spacial score (nSPS) is 14.9. The number of piperazine rings is 1. The number of hydrogen-bond donors (Lipinski definition) is 2. The van der Waals surface area contributed by atoms with Crippen LogP contribution in [0.15, 0.2) is 34.1 Å². The summed E-state index contributed by atoms with van der Waals surface area (Å²) in [5, 5.41) is 0. The van der Waals surface area contributed by atoms with Gasteiger partial charge in [-0.25, -0.2) is 14.8 Å². The summed E-state index contributed by atoms with van der Waals surface area (Å²) in [5.74, 6) is 0.260. The van der Waals surface area contributed by atoms with Crippen LogP contribution in [0.1, 0.15) is 10.5 Å². The van der Waals surface area contributed by atoms with Gasteiger partial charge in [-0.1, -0.05) is 0 Å². The van der Waals surface area contributed by atoms with Crippen LogP contribution in [0.25, 0.3) is 0 Å². The molecule has 0 radical (unpaired) electrons. The van der Waals surface area contributed by atoms with E-state index in [9.17, 15) is 14.4 Å². The molecule has 2 aromatic heterocycles. The molecule has 0 spiro atoms. The number of anilines is 1. The lowest BCUT2D eigenvalue weighted by molar-refractivity contribution is 0.0739. The highest BCUT2D eigenvalue weighted by Gasteiger charge is 2.24. The number of H-pyrrole nitrogens is 2. The molecule has 9 nitrogen and oxygen atoms in total. The van der Waals surface area contributed by atoms with Crippen LogP contribution in [0.2, 0.25) is 0 Å². The van der Waals surface area contributed by atoms with E-state index in [4.69, 9.17) is 0 Å². The smallest absolute Gasteiger partial charge is 0.326 e. The molecule has 0 unspecified atom stereocenters. The largest absolute Gasteiger partial charge is 0.337 e. The Hall–Kier alpha value is -2.97. The van der Waals surface area contributed by atoms with E-state index in [-0.39, 0.29) is 11.6 Å². The van der Waals surface area contributed by atoms with E-state index in [1.165, 1.54) is 0 Å². The van der Waals surface area contributed by atoms with Crippen LogP contribution >= 0.6 is 0 Å². The summed E-state index contributed by atoms with van der Waals surface area (Å²) in [6, 6.07) is 2.84. The second-order valence-corrected chi connectivity index (χ2v) is 4.83. The van der Waals surface area contributed by atoms with Crippen molar-refractivity contribution in [3.63, 3.8) is 0 Å². The van der Waals surface area contributed by atoms with Crippen molar-refractivity contribution in [3.05, 3.63) is 51.1 Å². The summed E-state index contributed by atoms with van der Waals surface area (Å²) in [4.78, 5) is 51.1. The zero-order chi connectivity index (χ0) is 15.5. The standard InChI is InChI=1S/C13H14N6O3/c20-10-8-9(16-13(22)17-10)11(21)18-4-6-19(7-5-18)12-14-2-1-3-15-12/h1-3,8H,4-7H2,(H2,16,17,20,22). The fraction of sp³-hybridized carbons (Fsp3) is 0.308. The molecule has 0 aromatic carbocycles. The first-order valence-corrected chi connectivity index (χ1v) is 6.78. The minimum Gasteiger partial charge on any atom is -0.337 e. The molecule has 0 bridgehead atoms. The highest BCUT2D eigenvalue weighted by Crippen LogP contribution is 2.11. The Morgan fingerprint density at radius 3 is 2.36 bits per heavy atom. The third-order valence-electron chi connectivity index (χ3n) is 3.39. The Morgan fingerprint density at radius 1 is 1.05 bits per heavy atom. The lowest BCUT2D eigenvalue weighted by Gasteiger charge is -2.34. The number of aromatic nitrogens is 4. The quantitative estimate of drug-likeness (QED) is 0.721. The van der Waals surface area contributed by atoms with Crippen LogP contribution in [-0.2, 0) is 0 Å². The van der Waals surface area contributed by atoms with Crippen LogP contribution in [0.5, 0.6) is 0 Å². The van der Waals surface area contributed by atoms with Gasteiger partial charge in [0.2, 0.25) is 5.95 Å². The van der Waals surface area contributed by atoms with Gasteiger partial charge in [0.05, 0.1) is 0 Å². The van der Waals surface area contributed by atoms with Crippen LogP contribution in [0.3, 0.4) is 0 Å². The molecule has 1 fully saturated rings. The molecule has 0 atom stereocenters. The van der Waals surface area contributed by atoms with Crippen LogP contribution in [0, 0.1) is 0 Å². The summed E-state index contributed by atoms with van der Waals surface area (Å²) < 4.78 is 0. The van der Waals surface area contributed by atoms with Crippen molar-refractivity contribution in [2.45, 2.75) is 0 Å². The second kappa shape index (κ2) is 5.80. The predicted octanol–water partition coefficient (Wildman–Crippen LogP) is -1.18. The van der Waals surface area contributed by atoms with Gasteiger partial charge in [0.1, 0.15) is 5.69 Å². The molecule has 3 rings (SSSR count). The number of carbonyl (C=O) groups excluding carboxylic acids is 1.